The normalized spacial score (nSPS) is 9.38. The van der Waals surface area contributed by atoms with Gasteiger partial charge in [-0.1, -0.05) is 12.1 Å². The molecule has 0 aliphatic rings. The van der Waals surface area contributed by atoms with Gasteiger partial charge in [0.15, 0.2) is 0 Å². The number of halogens is 2. The van der Waals surface area contributed by atoms with Gasteiger partial charge in [0, 0.05) is 30.2 Å². The molecule has 0 amide bonds. The molecule has 0 saturated heterocycles. The van der Waals surface area contributed by atoms with Gasteiger partial charge in [0.2, 0.25) is 0 Å². The molecule has 0 fully saturated rings. The second-order valence-electron chi connectivity index (χ2n) is 2.86. The molecule has 2 nitrogen and oxygen atoms in total. The van der Waals surface area contributed by atoms with Gasteiger partial charge in [-0.25, -0.2) is 0 Å². The predicted molar refractivity (Wildman–Crippen MR) is 63.0 cm³/mol. The van der Waals surface area contributed by atoms with Crippen LogP contribution in [0.4, 0.5) is 0 Å². The summed E-state index contributed by atoms with van der Waals surface area (Å²) in [5.74, 6) is 0. The first kappa shape index (κ1) is 13.6. The molecule has 88 valence electrons. The molecule has 2 rings (SSSR count). The summed E-state index contributed by atoms with van der Waals surface area (Å²) in [6, 6.07) is 11.8. The minimum atomic E-state index is -0.106. The van der Waals surface area contributed by atoms with Gasteiger partial charge in [0.25, 0.3) is 0 Å². The number of nitrogens with zero attached hydrogens (tertiary/aromatic N) is 2. The number of aromatic nitrogens is 2. The second-order valence-corrected chi connectivity index (χ2v) is 5.22. The van der Waals surface area contributed by atoms with E-state index in [2.05, 4.69) is 9.97 Å². The van der Waals surface area contributed by atoms with E-state index >= 15 is 0 Å². The molecule has 0 bridgehead atoms. The first-order chi connectivity index (χ1) is 7.86. The Balaban J connectivity index is 0.000000386. The SMILES string of the molecule is [Cl][Pd][Cl].c1ccc(Cc2ccccn2)nc1. The van der Waals surface area contributed by atoms with Gasteiger partial charge in [-0.3, -0.25) is 9.97 Å². The average Bonchev–Trinajstić information content (AvgIpc) is 2.33. The zero-order valence-electron chi connectivity index (χ0n) is 8.29. The smallest absolute Gasteiger partial charge is 0.0463 e. The van der Waals surface area contributed by atoms with Crippen LogP contribution in [-0.4, -0.2) is 9.97 Å². The number of pyridine rings is 2. The third kappa shape index (κ3) is 5.58. The van der Waals surface area contributed by atoms with Crippen LogP contribution in [0.1, 0.15) is 11.4 Å². The molecule has 0 aromatic carbocycles. The third-order valence-corrected chi connectivity index (χ3v) is 1.81. The van der Waals surface area contributed by atoms with Gasteiger partial charge in [0.05, 0.1) is 0 Å². The summed E-state index contributed by atoms with van der Waals surface area (Å²) in [5.41, 5.74) is 2.11. The molecule has 0 aliphatic heterocycles. The third-order valence-electron chi connectivity index (χ3n) is 1.81. The van der Waals surface area contributed by atoms with Gasteiger partial charge < -0.3 is 0 Å². The summed E-state index contributed by atoms with van der Waals surface area (Å²) < 4.78 is 0. The maximum absolute atomic E-state index is 4.81. The molecule has 0 saturated carbocycles. The van der Waals surface area contributed by atoms with Crippen LogP contribution in [0.5, 0.6) is 0 Å². The van der Waals surface area contributed by atoms with Gasteiger partial charge in [-0.05, 0) is 24.3 Å². The Kier molecular flexibility index (Phi) is 7.37. The quantitative estimate of drug-likeness (QED) is 0.778. The fourth-order valence-corrected chi connectivity index (χ4v) is 1.19. The molecule has 0 spiro atoms. The molecule has 2 heterocycles. The molecule has 0 aliphatic carbocycles. The molecule has 2 aromatic heterocycles. The monoisotopic (exact) mass is 346 g/mol. The Morgan fingerprint density at radius 2 is 1.31 bits per heavy atom. The van der Waals surface area contributed by atoms with Crippen molar-refractivity contribution in [3.63, 3.8) is 0 Å². The van der Waals surface area contributed by atoms with E-state index in [1.165, 1.54) is 0 Å². The molecule has 0 atom stereocenters. The van der Waals surface area contributed by atoms with E-state index < -0.39 is 0 Å². The van der Waals surface area contributed by atoms with Crippen LogP contribution in [-0.2, 0) is 22.4 Å². The van der Waals surface area contributed by atoms with Crippen LogP contribution in [0.15, 0.2) is 48.8 Å². The summed E-state index contributed by atoms with van der Waals surface area (Å²) in [7, 11) is 9.63. The van der Waals surface area contributed by atoms with E-state index in [-0.39, 0.29) is 15.9 Å². The molecule has 0 radical (unpaired) electrons. The largest absolute Gasteiger partial charge is 0.261 e. The summed E-state index contributed by atoms with van der Waals surface area (Å²) in [4.78, 5) is 8.47. The minimum absolute atomic E-state index is 0.106. The van der Waals surface area contributed by atoms with Crippen molar-refractivity contribution in [1.82, 2.24) is 9.97 Å². The van der Waals surface area contributed by atoms with Crippen LogP contribution < -0.4 is 0 Å². The van der Waals surface area contributed by atoms with Crippen LogP contribution >= 0.6 is 19.1 Å². The van der Waals surface area contributed by atoms with Gasteiger partial charge >= 0.3 is 35.0 Å². The Labute approximate surface area is 111 Å². The van der Waals surface area contributed by atoms with Gasteiger partial charge in [-0.15, -0.1) is 0 Å². The van der Waals surface area contributed by atoms with Crippen molar-refractivity contribution < 1.29 is 15.9 Å². The van der Waals surface area contributed by atoms with Crippen LogP contribution in [0.2, 0.25) is 0 Å². The second kappa shape index (κ2) is 8.67. The first-order valence-electron chi connectivity index (χ1n) is 4.49. The number of hydrogen-bond acceptors (Lipinski definition) is 2. The molecule has 16 heavy (non-hydrogen) atoms. The molecule has 0 unspecified atom stereocenters. The number of rotatable bonds is 2. The summed E-state index contributed by atoms with van der Waals surface area (Å²) >= 11 is -0.106. The Bertz CT molecular complexity index is 346. The topological polar surface area (TPSA) is 25.8 Å². The van der Waals surface area contributed by atoms with Crippen molar-refractivity contribution in [1.29, 1.82) is 0 Å². The number of hydrogen-bond donors (Lipinski definition) is 0. The standard InChI is InChI=1S/C11H10N2.2ClH.Pd/c1-3-7-12-10(5-1)9-11-6-2-4-8-13-11;;;/h1-8H,9H2;2*1H;/q;;;+2/p-2. The summed E-state index contributed by atoms with van der Waals surface area (Å²) in [6.45, 7) is 0. The maximum atomic E-state index is 4.81. The predicted octanol–water partition coefficient (Wildman–Crippen LogP) is 3.44. The van der Waals surface area contributed by atoms with Crippen LogP contribution in [0, 0.1) is 0 Å². The van der Waals surface area contributed by atoms with E-state index in [1.807, 2.05) is 36.4 Å². The van der Waals surface area contributed by atoms with Crippen molar-refractivity contribution >= 4 is 19.1 Å². The molecular formula is C11H10Cl2N2Pd. The zero-order chi connectivity index (χ0) is 11.6. The Morgan fingerprint density at radius 3 is 1.62 bits per heavy atom. The Morgan fingerprint density at radius 1 is 0.875 bits per heavy atom. The van der Waals surface area contributed by atoms with E-state index in [0.29, 0.717) is 0 Å². The van der Waals surface area contributed by atoms with E-state index in [0.717, 1.165) is 17.8 Å². The first-order valence-corrected chi connectivity index (χ1v) is 8.49. The van der Waals surface area contributed by atoms with Crippen LogP contribution in [0.25, 0.3) is 0 Å². The maximum Gasteiger partial charge on any atom is 0.0463 e. The van der Waals surface area contributed by atoms with Crippen molar-refractivity contribution in [2.24, 2.45) is 0 Å². The fraction of sp³-hybridized carbons (Fsp3) is 0.0909. The van der Waals surface area contributed by atoms with Crippen molar-refractivity contribution in [2.75, 3.05) is 0 Å². The average molecular weight is 348 g/mol. The zero-order valence-corrected chi connectivity index (χ0v) is 11.4. The van der Waals surface area contributed by atoms with Crippen molar-refractivity contribution in [3.8, 4) is 0 Å². The summed E-state index contributed by atoms with van der Waals surface area (Å²) in [6.07, 6.45) is 4.41. The van der Waals surface area contributed by atoms with Crippen LogP contribution in [0.3, 0.4) is 0 Å². The van der Waals surface area contributed by atoms with Crippen molar-refractivity contribution in [3.05, 3.63) is 60.2 Å². The molecule has 5 heteroatoms. The van der Waals surface area contributed by atoms with E-state index in [4.69, 9.17) is 19.1 Å². The van der Waals surface area contributed by atoms with Gasteiger partial charge in [-0.2, -0.15) is 0 Å². The van der Waals surface area contributed by atoms with E-state index in [9.17, 15) is 0 Å². The summed E-state index contributed by atoms with van der Waals surface area (Å²) in [5, 5.41) is 0. The van der Waals surface area contributed by atoms with E-state index in [1.54, 1.807) is 12.4 Å². The van der Waals surface area contributed by atoms with Gasteiger partial charge in [0.1, 0.15) is 0 Å². The minimum Gasteiger partial charge on any atom is -0.261 e. The fourth-order valence-electron chi connectivity index (χ4n) is 1.19. The molecule has 0 N–H and O–H groups in total. The molecule has 2 aromatic rings. The Hall–Kier alpha value is -0.458. The molecular weight excluding hydrogens is 337 g/mol. The van der Waals surface area contributed by atoms with Crippen molar-refractivity contribution in [2.45, 2.75) is 6.42 Å².